The van der Waals surface area contributed by atoms with Gasteiger partial charge in [0, 0.05) is 35.2 Å². The lowest BCUT2D eigenvalue weighted by molar-refractivity contribution is -0.163. The van der Waals surface area contributed by atoms with Crippen LogP contribution in [0, 0.1) is 11.8 Å². The number of nitrogens with one attached hydrogen (secondary N) is 2. The van der Waals surface area contributed by atoms with Gasteiger partial charge in [-0.05, 0) is 31.5 Å². The Balaban J connectivity index is 0.00000272. The number of thioether (sulfide) groups is 1. The summed E-state index contributed by atoms with van der Waals surface area (Å²) in [5.41, 5.74) is 2.58. The lowest BCUT2D eigenvalue weighted by atomic mass is 9.79. The molecule has 4 N–H and O–H groups in total. The van der Waals surface area contributed by atoms with Gasteiger partial charge in [-0.3, -0.25) is 4.79 Å². The van der Waals surface area contributed by atoms with Crippen LogP contribution in [0.25, 0.3) is 0 Å². The Morgan fingerprint density at radius 3 is 2.61 bits per heavy atom. The predicted octanol–water partition coefficient (Wildman–Crippen LogP) is 2.12. The van der Waals surface area contributed by atoms with Crippen LogP contribution < -0.4 is 10.6 Å². The van der Waals surface area contributed by atoms with Crippen LogP contribution >= 0.6 is 24.2 Å². The van der Waals surface area contributed by atoms with Gasteiger partial charge in [0.05, 0.1) is 18.1 Å². The first-order valence-electron chi connectivity index (χ1n) is 10.5. The van der Waals surface area contributed by atoms with E-state index in [0.717, 1.165) is 24.4 Å². The van der Waals surface area contributed by atoms with E-state index in [1.165, 1.54) is 16.0 Å². The SMILES string of the molecule is CNCc1ccc([C@H]2C[C@H](SC3=C(C(=O)O)N4C(=O)[C@H]([C@@H](C)O)[C@H]4[C@H]3C)CN2)cc1.Cl. The van der Waals surface area contributed by atoms with Crippen molar-refractivity contribution in [3.8, 4) is 0 Å². The number of halogens is 1. The number of carbonyl (C=O) groups is 2. The standard InChI is InChI=1S/C22H29N3O4S.ClH/c1-11-18-17(12(2)26)21(27)25(18)19(22(28)29)20(11)30-15-8-16(24-10-15)14-6-4-13(5-7-14)9-23-3;/h4-7,11-12,15-18,23-24,26H,8-10H2,1-3H3,(H,28,29);1H/t11-,12-,15+,16-,17-,18-;/m1./s1. The van der Waals surface area contributed by atoms with E-state index < -0.39 is 18.0 Å². The number of rotatable bonds is 7. The summed E-state index contributed by atoms with van der Waals surface area (Å²) in [5.74, 6) is -1.94. The Morgan fingerprint density at radius 1 is 1.35 bits per heavy atom. The topological polar surface area (TPSA) is 102 Å². The smallest absolute Gasteiger partial charge is 0.353 e. The average Bonchev–Trinajstić information content (AvgIpc) is 3.25. The summed E-state index contributed by atoms with van der Waals surface area (Å²) in [7, 11) is 1.93. The lowest BCUT2D eigenvalue weighted by Crippen LogP contribution is -2.63. The zero-order chi connectivity index (χ0) is 21.6. The van der Waals surface area contributed by atoms with Crippen LogP contribution in [-0.4, -0.2) is 58.0 Å². The molecule has 0 aliphatic carbocycles. The molecule has 2 fully saturated rings. The first-order chi connectivity index (χ1) is 14.3. The predicted molar refractivity (Wildman–Crippen MR) is 123 cm³/mol. The number of nitrogens with zero attached hydrogens (tertiary/aromatic N) is 1. The second-order valence-corrected chi connectivity index (χ2v) is 9.82. The number of β-lactam (4-membered cyclic amide) rings is 1. The second kappa shape index (κ2) is 9.50. The maximum atomic E-state index is 12.5. The quantitative estimate of drug-likeness (QED) is 0.455. The number of aliphatic carboxylic acids is 1. The number of carboxylic acid groups (broad SMARTS) is 1. The van der Waals surface area contributed by atoms with Crippen molar-refractivity contribution < 1.29 is 19.8 Å². The molecule has 3 heterocycles. The molecule has 4 rings (SSSR count). The van der Waals surface area contributed by atoms with Crippen LogP contribution in [0.1, 0.15) is 37.4 Å². The summed E-state index contributed by atoms with van der Waals surface area (Å²) >= 11 is 1.58. The maximum absolute atomic E-state index is 12.5. The Bertz CT molecular complexity index is 876. The molecule has 170 valence electrons. The number of aliphatic hydroxyl groups is 1. The third-order valence-electron chi connectivity index (χ3n) is 6.46. The molecular weight excluding hydrogens is 438 g/mol. The Hall–Kier alpha value is -1.58. The molecule has 2 saturated heterocycles. The molecule has 0 aromatic heterocycles. The third-order valence-corrected chi connectivity index (χ3v) is 7.97. The first kappa shape index (κ1) is 24.1. The van der Waals surface area contributed by atoms with E-state index >= 15 is 0 Å². The molecule has 3 aliphatic rings. The fraction of sp³-hybridized carbons (Fsp3) is 0.545. The summed E-state index contributed by atoms with van der Waals surface area (Å²) in [4.78, 5) is 26.6. The zero-order valence-corrected chi connectivity index (χ0v) is 19.5. The number of carbonyl (C=O) groups excluding carboxylic acids is 1. The van der Waals surface area contributed by atoms with Gasteiger partial charge in [-0.15, -0.1) is 24.2 Å². The number of carboxylic acids is 1. The number of hydrogen-bond donors (Lipinski definition) is 4. The molecule has 1 aromatic rings. The van der Waals surface area contributed by atoms with Crippen molar-refractivity contribution in [1.29, 1.82) is 0 Å². The van der Waals surface area contributed by atoms with Gasteiger partial charge in [-0.2, -0.15) is 0 Å². The van der Waals surface area contributed by atoms with E-state index in [1.54, 1.807) is 18.7 Å². The summed E-state index contributed by atoms with van der Waals surface area (Å²) < 4.78 is 0. The van der Waals surface area contributed by atoms with Crippen LogP contribution in [0.2, 0.25) is 0 Å². The highest BCUT2D eigenvalue weighted by atomic mass is 35.5. The van der Waals surface area contributed by atoms with Crippen molar-refractivity contribution in [1.82, 2.24) is 15.5 Å². The van der Waals surface area contributed by atoms with E-state index in [0.29, 0.717) is 0 Å². The van der Waals surface area contributed by atoms with Crippen LogP contribution in [0.15, 0.2) is 34.9 Å². The summed E-state index contributed by atoms with van der Waals surface area (Å²) in [6.45, 7) is 5.20. The molecule has 1 amide bonds. The van der Waals surface area contributed by atoms with Gasteiger partial charge in [0.25, 0.3) is 0 Å². The molecule has 6 atom stereocenters. The van der Waals surface area contributed by atoms with E-state index in [-0.39, 0.29) is 47.3 Å². The molecule has 0 spiro atoms. The summed E-state index contributed by atoms with van der Waals surface area (Å²) in [5, 5.41) is 26.7. The highest BCUT2D eigenvalue weighted by molar-refractivity contribution is 8.03. The molecule has 0 saturated carbocycles. The molecule has 0 radical (unpaired) electrons. The maximum Gasteiger partial charge on any atom is 0.353 e. The van der Waals surface area contributed by atoms with Crippen LogP contribution in [0.5, 0.6) is 0 Å². The minimum Gasteiger partial charge on any atom is -0.477 e. The summed E-state index contributed by atoms with van der Waals surface area (Å²) in [6, 6.07) is 8.54. The minimum atomic E-state index is -1.06. The van der Waals surface area contributed by atoms with Crippen molar-refractivity contribution in [3.05, 3.63) is 46.0 Å². The molecule has 31 heavy (non-hydrogen) atoms. The minimum absolute atomic E-state index is 0. The van der Waals surface area contributed by atoms with E-state index in [1.807, 2.05) is 14.0 Å². The van der Waals surface area contributed by atoms with Crippen LogP contribution in [-0.2, 0) is 16.1 Å². The highest BCUT2D eigenvalue weighted by Crippen LogP contribution is 2.52. The second-order valence-electron chi connectivity index (χ2n) is 8.48. The van der Waals surface area contributed by atoms with Gasteiger partial charge in [0.1, 0.15) is 5.70 Å². The Kier molecular flexibility index (Phi) is 7.38. The number of hydrogen-bond acceptors (Lipinski definition) is 6. The van der Waals surface area contributed by atoms with E-state index in [4.69, 9.17) is 0 Å². The molecule has 0 unspecified atom stereocenters. The molecule has 0 bridgehead atoms. The van der Waals surface area contributed by atoms with E-state index in [9.17, 15) is 19.8 Å². The molecule has 9 heteroatoms. The van der Waals surface area contributed by atoms with Gasteiger partial charge in [-0.25, -0.2) is 4.79 Å². The van der Waals surface area contributed by atoms with Gasteiger partial charge < -0.3 is 25.7 Å². The molecule has 3 aliphatic heterocycles. The van der Waals surface area contributed by atoms with Crippen LogP contribution in [0.3, 0.4) is 0 Å². The Labute approximate surface area is 193 Å². The van der Waals surface area contributed by atoms with Crippen LogP contribution in [0.4, 0.5) is 0 Å². The average molecular weight is 468 g/mol. The Morgan fingerprint density at radius 2 is 2.03 bits per heavy atom. The normalized spacial score (nSPS) is 30.6. The molecular formula is C22H30ClN3O4S. The monoisotopic (exact) mass is 467 g/mol. The summed E-state index contributed by atoms with van der Waals surface area (Å²) in [6.07, 6.45) is 0.126. The highest BCUT2D eigenvalue weighted by Gasteiger charge is 2.60. The van der Waals surface area contributed by atoms with Gasteiger partial charge in [-0.1, -0.05) is 31.2 Å². The number of aliphatic hydroxyl groups excluding tert-OH is 1. The van der Waals surface area contributed by atoms with Crippen molar-refractivity contribution >= 4 is 36.0 Å². The molecule has 1 aromatic carbocycles. The molecule has 7 nitrogen and oxygen atoms in total. The van der Waals surface area contributed by atoms with Crippen molar-refractivity contribution in [2.45, 2.75) is 50.3 Å². The van der Waals surface area contributed by atoms with Gasteiger partial charge in [0.15, 0.2) is 0 Å². The van der Waals surface area contributed by atoms with Crippen molar-refractivity contribution in [3.63, 3.8) is 0 Å². The fourth-order valence-electron chi connectivity index (χ4n) is 4.98. The van der Waals surface area contributed by atoms with Gasteiger partial charge >= 0.3 is 5.97 Å². The largest absolute Gasteiger partial charge is 0.477 e. The van der Waals surface area contributed by atoms with Gasteiger partial charge in [0.2, 0.25) is 5.91 Å². The number of fused-ring (bicyclic) bond motifs is 1. The fourth-order valence-corrected chi connectivity index (χ4v) is 6.46. The lowest BCUT2D eigenvalue weighted by Gasteiger charge is -2.46. The van der Waals surface area contributed by atoms with Crippen molar-refractivity contribution in [2.75, 3.05) is 13.6 Å². The van der Waals surface area contributed by atoms with E-state index in [2.05, 4.69) is 34.9 Å². The zero-order valence-electron chi connectivity index (χ0n) is 17.9. The number of amides is 1. The number of benzene rings is 1. The third kappa shape index (κ3) is 4.24. The van der Waals surface area contributed by atoms with Crippen molar-refractivity contribution in [2.24, 2.45) is 11.8 Å². The first-order valence-corrected chi connectivity index (χ1v) is 11.3.